The van der Waals surface area contributed by atoms with Crippen LogP contribution in [0.1, 0.15) is 48.4 Å². The molecule has 1 heterocycles. The first-order chi connectivity index (χ1) is 7.56. The lowest BCUT2D eigenvalue weighted by Gasteiger charge is -2.14. The summed E-state index contributed by atoms with van der Waals surface area (Å²) >= 11 is 5.87. The third-order valence-electron chi connectivity index (χ3n) is 2.42. The van der Waals surface area contributed by atoms with Gasteiger partial charge in [-0.05, 0) is 25.5 Å². The number of amides is 1. The molecule has 1 aromatic rings. The Morgan fingerprint density at radius 1 is 1.56 bits per heavy atom. The molecule has 0 saturated carbocycles. The largest absolute Gasteiger partial charge is 0.454 e. The van der Waals surface area contributed by atoms with E-state index in [1.165, 1.54) is 0 Å². The van der Waals surface area contributed by atoms with Gasteiger partial charge in [-0.25, -0.2) is 0 Å². The van der Waals surface area contributed by atoms with Gasteiger partial charge in [0.05, 0.1) is 5.38 Å². The van der Waals surface area contributed by atoms with Crippen LogP contribution in [-0.2, 0) is 0 Å². The van der Waals surface area contributed by atoms with Crippen molar-refractivity contribution in [2.75, 3.05) is 13.6 Å². The van der Waals surface area contributed by atoms with Crippen LogP contribution in [0.25, 0.3) is 0 Å². The van der Waals surface area contributed by atoms with Crippen LogP contribution in [0.2, 0.25) is 0 Å². The van der Waals surface area contributed by atoms with Gasteiger partial charge in [0.25, 0.3) is 5.91 Å². The fourth-order valence-corrected chi connectivity index (χ4v) is 1.48. The molecule has 0 bridgehead atoms. The Morgan fingerprint density at radius 2 is 2.25 bits per heavy atom. The summed E-state index contributed by atoms with van der Waals surface area (Å²) in [4.78, 5) is 13.5. The highest BCUT2D eigenvalue weighted by Crippen LogP contribution is 2.22. The molecule has 4 heteroatoms. The van der Waals surface area contributed by atoms with Crippen molar-refractivity contribution in [1.29, 1.82) is 0 Å². The van der Waals surface area contributed by atoms with Crippen molar-refractivity contribution >= 4 is 17.5 Å². The van der Waals surface area contributed by atoms with Crippen molar-refractivity contribution in [2.45, 2.75) is 32.1 Å². The normalized spacial score (nSPS) is 12.5. The van der Waals surface area contributed by atoms with Crippen molar-refractivity contribution in [3.05, 3.63) is 23.7 Å². The smallest absolute Gasteiger partial charge is 0.289 e. The lowest BCUT2D eigenvalue weighted by Crippen LogP contribution is -2.27. The van der Waals surface area contributed by atoms with Crippen LogP contribution in [-0.4, -0.2) is 24.4 Å². The van der Waals surface area contributed by atoms with Gasteiger partial charge in [-0.3, -0.25) is 4.79 Å². The van der Waals surface area contributed by atoms with E-state index in [1.807, 2.05) is 6.92 Å². The fourth-order valence-electron chi connectivity index (χ4n) is 1.37. The number of furan rings is 1. The van der Waals surface area contributed by atoms with Crippen LogP contribution in [0.5, 0.6) is 0 Å². The summed E-state index contributed by atoms with van der Waals surface area (Å²) < 4.78 is 5.38. The van der Waals surface area contributed by atoms with Crippen LogP contribution < -0.4 is 0 Å². The summed E-state index contributed by atoms with van der Waals surface area (Å²) in [6, 6.07) is 3.43. The number of carbonyl (C=O) groups is 1. The summed E-state index contributed by atoms with van der Waals surface area (Å²) in [7, 11) is 1.78. The molecule has 1 aromatic heterocycles. The molecule has 3 nitrogen and oxygen atoms in total. The maximum Gasteiger partial charge on any atom is 0.289 e. The van der Waals surface area contributed by atoms with Crippen molar-refractivity contribution in [3.63, 3.8) is 0 Å². The first-order valence-corrected chi connectivity index (χ1v) is 5.99. The highest BCUT2D eigenvalue weighted by Gasteiger charge is 2.16. The Labute approximate surface area is 101 Å². The summed E-state index contributed by atoms with van der Waals surface area (Å²) in [5, 5.41) is -0.206. The van der Waals surface area contributed by atoms with E-state index in [0.29, 0.717) is 11.5 Å². The summed E-state index contributed by atoms with van der Waals surface area (Å²) in [6.45, 7) is 4.66. The molecule has 1 rings (SSSR count). The third-order valence-corrected chi connectivity index (χ3v) is 2.64. The van der Waals surface area contributed by atoms with E-state index in [0.717, 1.165) is 19.4 Å². The number of unbranched alkanes of at least 4 members (excludes halogenated alkanes) is 1. The van der Waals surface area contributed by atoms with E-state index in [2.05, 4.69) is 6.92 Å². The molecule has 90 valence electrons. The van der Waals surface area contributed by atoms with Gasteiger partial charge in [-0.1, -0.05) is 13.3 Å². The zero-order chi connectivity index (χ0) is 12.1. The number of halogens is 1. The predicted octanol–water partition coefficient (Wildman–Crippen LogP) is 3.45. The lowest BCUT2D eigenvalue weighted by atomic mass is 10.3. The zero-order valence-electron chi connectivity index (χ0n) is 10.00. The number of hydrogen-bond donors (Lipinski definition) is 0. The Bertz CT molecular complexity index is 347. The minimum Gasteiger partial charge on any atom is -0.454 e. The molecule has 0 aliphatic rings. The number of rotatable bonds is 5. The van der Waals surface area contributed by atoms with Crippen molar-refractivity contribution < 1.29 is 9.21 Å². The van der Waals surface area contributed by atoms with Gasteiger partial charge < -0.3 is 9.32 Å². The SMILES string of the molecule is CCCCN(C)C(=O)c1ccc(C(C)Cl)o1. The second kappa shape index (κ2) is 5.94. The van der Waals surface area contributed by atoms with E-state index in [4.69, 9.17) is 16.0 Å². The molecule has 1 amide bonds. The first-order valence-electron chi connectivity index (χ1n) is 5.55. The number of alkyl halides is 1. The van der Waals surface area contributed by atoms with Crippen LogP contribution in [0, 0.1) is 0 Å². The molecule has 1 unspecified atom stereocenters. The minimum atomic E-state index is -0.206. The van der Waals surface area contributed by atoms with Crippen LogP contribution >= 0.6 is 11.6 Å². The molecule has 0 aliphatic carbocycles. The molecule has 0 N–H and O–H groups in total. The Morgan fingerprint density at radius 3 is 2.75 bits per heavy atom. The van der Waals surface area contributed by atoms with E-state index >= 15 is 0 Å². The number of nitrogens with zero attached hydrogens (tertiary/aromatic N) is 1. The van der Waals surface area contributed by atoms with Crippen LogP contribution in [0.15, 0.2) is 16.5 Å². The molecule has 0 radical (unpaired) electrons. The molecule has 16 heavy (non-hydrogen) atoms. The Hall–Kier alpha value is -0.960. The standard InChI is InChI=1S/C12H18ClNO2/c1-4-5-8-14(3)12(15)11-7-6-10(16-11)9(2)13/h6-7,9H,4-5,8H2,1-3H3. The van der Waals surface area contributed by atoms with Gasteiger partial charge in [-0.2, -0.15) is 0 Å². The second-order valence-electron chi connectivity index (χ2n) is 3.90. The van der Waals surface area contributed by atoms with Gasteiger partial charge in [0, 0.05) is 13.6 Å². The zero-order valence-corrected chi connectivity index (χ0v) is 10.8. The maximum absolute atomic E-state index is 11.9. The molecule has 0 saturated heterocycles. The average molecular weight is 244 g/mol. The van der Waals surface area contributed by atoms with Crippen molar-refractivity contribution in [3.8, 4) is 0 Å². The lowest BCUT2D eigenvalue weighted by molar-refractivity contribution is 0.0760. The molecular weight excluding hydrogens is 226 g/mol. The van der Waals surface area contributed by atoms with Gasteiger partial charge in [0.15, 0.2) is 5.76 Å². The van der Waals surface area contributed by atoms with E-state index < -0.39 is 0 Å². The minimum absolute atomic E-state index is 0.0861. The highest BCUT2D eigenvalue weighted by atomic mass is 35.5. The van der Waals surface area contributed by atoms with Gasteiger partial charge in [0.2, 0.25) is 0 Å². The number of hydrogen-bond acceptors (Lipinski definition) is 2. The highest BCUT2D eigenvalue weighted by molar-refractivity contribution is 6.20. The quantitative estimate of drug-likeness (QED) is 0.743. The van der Waals surface area contributed by atoms with Gasteiger partial charge >= 0.3 is 0 Å². The second-order valence-corrected chi connectivity index (χ2v) is 4.55. The van der Waals surface area contributed by atoms with E-state index in [-0.39, 0.29) is 11.3 Å². The van der Waals surface area contributed by atoms with Crippen LogP contribution in [0.4, 0.5) is 0 Å². The molecule has 1 atom stereocenters. The monoisotopic (exact) mass is 243 g/mol. The van der Waals surface area contributed by atoms with E-state index in [1.54, 1.807) is 24.1 Å². The molecule has 0 aliphatic heterocycles. The van der Waals surface area contributed by atoms with Crippen molar-refractivity contribution in [2.24, 2.45) is 0 Å². The first kappa shape index (κ1) is 13.1. The molecular formula is C12H18ClNO2. The Kier molecular flexibility index (Phi) is 4.87. The molecule has 0 spiro atoms. The average Bonchev–Trinajstić information content (AvgIpc) is 2.74. The van der Waals surface area contributed by atoms with Gasteiger partial charge in [0.1, 0.15) is 5.76 Å². The predicted molar refractivity (Wildman–Crippen MR) is 64.8 cm³/mol. The topological polar surface area (TPSA) is 33.5 Å². The third kappa shape index (κ3) is 3.27. The summed E-state index contributed by atoms with van der Waals surface area (Å²) in [5.74, 6) is 0.909. The molecule has 0 aromatic carbocycles. The fraction of sp³-hybridized carbons (Fsp3) is 0.583. The maximum atomic E-state index is 11.9. The van der Waals surface area contributed by atoms with Crippen molar-refractivity contribution in [1.82, 2.24) is 4.90 Å². The van der Waals surface area contributed by atoms with Crippen LogP contribution in [0.3, 0.4) is 0 Å². The number of carbonyl (C=O) groups excluding carboxylic acids is 1. The molecule has 0 fully saturated rings. The Balaban J connectivity index is 2.65. The van der Waals surface area contributed by atoms with Gasteiger partial charge in [-0.15, -0.1) is 11.6 Å². The van der Waals surface area contributed by atoms with E-state index in [9.17, 15) is 4.79 Å². The summed E-state index contributed by atoms with van der Waals surface area (Å²) in [5.41, 5.74) is 0. The summed E-state index contributed by atoms with van der Waals surface area (Å²) in [6.07, 6.45) is 2.07.